The smallest absolute Gasteiger partial charge is 0.352 e. The molecule has 3 rings (SSSR count). The van der Waals surface area contributed by atoms with Crippen LogP contribution in [0.1, 0.15) is 34.8 Å². The largest absolute Gasteiger partial charge is 0.453 e. The fourth-order valence-electron chi connectivity index (χ4n) is 2.86. The first-order valence-corrected chi connectivity index (χ1v) is 8.46. The molecule has 10 heteroatoms. The van der Waals surface area contributed by atoms with E-state index in [1.807, 2.05) is 0 Å². The number of alkyl halides is 3. The summed E-state index contributed by atoms with van der Waals surface area (Å²) in [5.74, 6) is -2.05. The topological polar surface area (TPSA) is 72.2 Å². The summed E-state index contributed by atoms with van der Waals surface area (Å²) in [5.41, 5.74) is 2.20. The number of aryl methyl sites for hydroxylation is 2. The Hall–Kier alpha value is -3.04. The molecule has 0 aliphatic rings. The summed E-state index contributed by atoms with van der Waals surface area (Å²) in [5, 5.41) is 6.17. The van der Waals surface area contributed by atoms with Gasteiger partial charge >= 0.3 is 6.18 Å². The van der Waals surface area contributed by atoms with Gasteiger partial charge in [-0.25, -0.2) is 13.9 Å². The molecule has 0 atom stereocenters. The Balaban J connectivity index is 1.70. The molecule has 0 aliphatic heterocycles. The number of aromatic nitrogens is 4. The average molecular weight is 395 g/mol. The number of nitrogens with one attached hydrogen (secondary N) is 1. The number of amides is 1. The number of hydrogen-bond acceptors (Lipinski definition) is 4. The van der Waals surface area contributed by atoms with Crippen LogP contribution in [0, 0.1) is 19.7 Å². The van der Waals surface area contributed by atoms with E-state index in [-0.39, 0.29) is 36.9 Å². The Kier molecular flexibility index (Phi) is 5.30. The zero-order valence-corrected chi connectivity index (χ0v) is 15.1. The van der Waals surface area contributed by atoms with Crippen LogP contribution in [-0.2, 0) is 23.9 Å². The molecule has 0 spiro atoms. The Morgan fingerprint density at radius 1 is 1.21 bits per heavy atom. The number of carbonyl (C=O) groups excluding carboxylic acids is 1. The maximum atomic E-state index is 13.1. The van der Waals surface area contributed by atoms with Gasteiger partial charge in [0.15, 0.2) is 0 Å². The van der Waals surface area contributed by atoms with E-state index in [9.17, 15) is 22.4 Å². The monoisotopic (exact) mass is 395 g/mol. The third kappa shape index (κ3) is 4.26. The van der Waals surface area contributed by atoms with Gasteiger partial charge in [-0.2, -0.15) is 18.2 Å². The normalized spacial score (nSPS) is 11.8. The van der Waals surface area contributed by atoms with Gasteiger partial charge in [-0.3, -0.25) is 4.79 Å². The van der Waals surface area contributed by atoms with Crippen molar-refractivity contribution < 1.29 is 22.4 Å². The molecule has 2 heterocycles. The molecule has 0 aliphatic carbocycles. The van der Waals surface area contributed by atoms with Crippen LogP contribution in [-0.4, -0.2) is 25.5 Å². The highest BCUT2D eigenvalue weighted by atomic mass is 19.4. The first kappa shape index (κ1) is 19.7. The lowest BCUT2D eigenvalue weighted by Gasteiger charge is -2.10. The Morgan fingerprint density at radius 3 is 2.64 bits per heavy atom. The van der Waals surface area contributed by atoms with Crippen LogP contribution >= 0.6 is 0 Å². The molecule has 6 nitrogen and oxygen atoms in total. The predicted molar refractivity (Wildman–Crippen MR) is 91.8 cm³/mol. The third-order valence-corrected chi connectivity index (χ3v) is 4.28. The number of nitrogens with zero attached hydrogens (tertiary/aromatic N) is 4. The number of benzene rings is 1. The van der Waals surface area contributed by atoms with E-state index in [1.54, 1.807) is 26.0 Å². The molecule has 0 radical (unpaired) electrons. The number of rotatable bonds is 5. The molecular weight excluding hydrogens is 378 g/mol. The number of hydrogen-bond donors (Lipinski definition) is 1. The molecular formula is C18H17F4N5O. The van der Waals surface area contributed by atoms with Gasteiger partial charge in [0, 0.05) is 24.4 Å². The van der Waals surface area contributed by atoms with Gasteiger partial charge in [0.2, 0.25) is 5.91 Å². The minimum Gasteiger partial charge on any atom is -0.352 e. The van der Waals surface area contributed by atoms with E-state index < -0.39 is 12.0 Å². The summed E-state index contributed by atoms with van der Waals surface area (Å²) in [6.07, 6.45) is -4.28. The van der Waals surface area contributed by atoms with E-state index in [0.717, 1.165) is 4.52 Å². The maximum absolute atomic E-state index is 13.1. The standard InChI is InChI=1S/C18H17F4N5O/c1-10-14(6-7-15(28)23-9-12-4-3-5-13(19)8-12)11(2)27-17(24-10)25-16(26-27)18(20,21)22/h3-5,8H,6-7,9H2,1-2H3,(H,23,28). The van der Waals surface area contributed by atoms with Crippen molar-refractivity contribution in [2.45, 2.75) is 39.4 Å². The number of fused-ring (bicyclic) bond motifs is 1. The van der Waals surface area contributed by atoms with Crippen LogP contribution < -0.4 is 5.32 Å². The molecule has 148 valence electrons. The molecule has 1 aromatic carbocycles. The molecule has 1 N–H and O–H groups in total. The summed E-state index contributed by atoms with van der Waals surface area (Å²) in [4.78, 5) is 19.6. The van der Waals surface area contributed by atoms with E-state index in [2.05, 4.69) is 20.4 Å². The summed E-state index contributed by atoms with van der Waals surface area (Å²) < 4.78 is 52.6. The van der Waals surface area contributed by atoms with Gasteiger partial charge in [-0.1, -0.05) is 12.1 Å². The predicted octanol–water partition coefficient (Wildman–Crippen LogP) is 3.15. The molecule has 0 fully saturated rings. The van der Waals surface area contributed by atoms with Gasteiger partial charge in [-0.05, 0) is 43.5 Å². The first-order chi connectivity index (χ1) is 13.1. The van der Waals surface area contributed by atoms with Crippen LogP contribution in [0.4, 0.5) is 17.6 Å². The van der Waals surface area contributed by atoms with Gasteiger partial charge in [0.05, 0.1) is 0 Å². The molecule has 3 aromatic rings. The van der Waals surface area contributed by atoms with Crippen molar-refractivity contribution in [2.75, 3.05) is 0 Å². The van der Waals surface area contributed by atoms with Crippen molar-refractivity contribution in [2.24, 2.45) is 0 Å². The quantitative estimate of drug-likeness (QED) is 0.674. The second kappa shape index (κ2) is 7.53. The van der Waals surface area contributed by atoms with Gasteiger partial charge in [0.25, 0.3) is 11.6 Å². The second-order valence-electron chi connectivity index (χ2n) is 6.31. The Bertz CT molecular complexity index is 1030. The molecule has 2 aromatic heterocycles. The summed E-state index contributed by atoms with van der Waals surface area (Å²) >= 11 is 0. The molecule has 0 bridgehead atoms. The minimum absolute atomic E-state index is 0.102. The maximum Gasteiger partial charge on any atom is 0.453 e. The van der Waals surface area contributed by atoms with Crippen molar-refractivity contribution in [1.29, 1.82) is 0 Å². The van der Waals surface area contributed by atoms with Crippen molar-refractivity contribution >= 4 is 11.7 Å². The fourth-order valence-corrected chi connectivity index (χ4v) is 2.86. The van der Waals surface area contributed by atoms with Gasteiger partial charge in [-0.15, -0.1) is 5.10 Å². The van der Waals surface area contributed by atoms with Crippen molar-refractivity contribution in [1.82, 2.24) is 24.9 Å². The third-order valence-electron chi connectivity index (χ3n) is 4.28. The molecule has 0 saturated heterocycles. The number of halogens is 4. The Labute approximate surface area is 157 Å². The van der Waals surface area contributed by atoms with Gasteiger partial charge in [0.1, 0.15) is 5.82 Å². The molecule has 0 unspecified atom stereocenters. The van der Waals surface area contributed by atoms with Crippen molar-refractivity contribution in [3.8, 4) is 0 Å². The van der Waals surface area contributed by atoms with Crippen molar-refractivity contribution in [3.05, 3.63) is 58.4 Å². The second-order valence-corrected chi connectivity index (χ2v) is 6.31. The van der Waals surface area contributed by atoms with E-state index in [4.69, 9.17) is 0 Å². The zero-order valence-electron chi connectivity index (χ0n) is 15.1. The van der Waals surface area contributed by atoms with E-state index >= 15 is 0 Å². The number of carbonyl (C=O) groups is 1. The highest BCUT2D eigenvalue weighted by Crippen LogP contribution is 2.27. The summed E-state index contributed by atoms with van der Waals surface area (Å²) in [7, 11) is 0. The van der Waals surface area contributed by atoms with Crippen LogP contribution in [0.15, 0.2) is 24.3 Å². The average Bonchev–Trinajstić information content (AvgIpc) is 3.04. The highest BCUT2D eigenvalue weighted by Gasteiger charge is 2.36. The van der Waals surface area contributed by atoms with Gasteiger partial charge < -0.3 is 5.32 Å². The van der Waals surface area contributed by atoms with Crippen LogP contribution in [0.3, 0.4) is 0 Å². The van der Waals surface area contributed by atoms with Crippen molar-refractivity contribution in [3.63, 3.8) is 0 Å². The molecule has 1 amide bonds. The summed E-state index contributed by atoms with van der Waals surface area (Å²) in [6.45, 7) is 3.44. The van der Waals surface area contributed by atoms with E-state index in [1.165, 1.54) is 12.1 Å². The lowest BCUT2D eigenvalue weighted by atomic mass is 10.1. The first-order valence-electron chi connectivity index (χ1n) is 8.46. The highest BCUT2D eigenvalue weighted by molar-refractivity contribution is 5.76. The Morgan fingerprint density at radius 2 is 1.96 bits per heavy atom. The van der Waals surface area contributed by atoms with Crippen LogP contribution in [0.2, 0.25) is 0 Å². The molecule has 28 heavy (non-hydrogen) atoms. The van der Waals surface area contributed by atoms with Crippen LogP contribution in [0.5, 0.6) is 0 Å². The summed E-state index contributed by atoms with van der Waals surface area (Å²) in [6, 6.07) is 5.89. The SMILES string of the molecule is Cc1nc2nc(C(F)(F)F)nn2c(C)c1CCC(=O)NCc1cccc(F)c1. The molecule has 0 saturated carbocycles. The lowest BCUT2D eigenvalue weighted by molar-refractivity contribution is -0.144. The minimum atomic E-state index is -4.66. The zero-order chi connectivity index (χ0) is 20.5. The van der Waals surface area contributed by atoms with E-state index in [0.29, 0.717) is 22.5 Å². The lowest BCUT2D eigenvalue weighted by Crippen LogP contribution is -2.23. The van der Waals surface area contributed by atoms with Crippen LogP contribution in [0.25, 0.3) is 5.78 Å². The fraction of sp³-hybridized carbons (Fsp3) is 0.333.